The molecule has 1 aliphatic heterocycles. The zero-order valence-corrected chi connectivity index (χ0v) is 18.7. The lowest BCUT2D eigenvalue weighted by Crippen LogP contribution is -2.43. The average Bonchev–Trinajstić information content (AvgIpc) is 3.19. The molecule has 1 atom stereocenters. The van der Waals surface area contributed by atoms with Gasteiger partial charge in [-0.15, -0.1) is 0 Å². The number of urea groups is 1. The van der Waals surface area contributed by atoms with Crippen molar-refractivity contribution in [3.8, 4) is 0 Å². The normalized spacial score (nSPS) is 16.2. The highest BCUT2D eigenvalue weighted by molar-refractivity contribution is 6.30. The molecule has 1 aliphatic rings. The number of rotatable bonds is 7. The molecule has 3 rings (SSSR count). The highest BCUT2D eigenvalue weighted by Gasteiger charge is 2.32. The molecule has 8 nitrogen and oxygen atoms in total. The van der Waals surface area contributed by atoms with Gasteiger partial charge in [-0.1, -0.05) is 23.7 Å². The third-order valence-corrected chi connectivity index (χ3v) is 5.47. The van der Waals surface area contributed by atoms with Crippen LogP contribution in [0.2, 0.25) is 5.02 Å². The van der Waals surface area contributed by atoms with E-state index in [1.165, 1.54) is 0 Å². The molecule has 34 heavy (non-hydrogen) atoms. The maximum Gasteiger partial charge on any atom is 0.416 e. The number of nitrogens with zero attached hydrogens (tertiary/aromatic N) is 1. The van der Waals surface area contributed by atoms with Crippen LogP contribution in [-0.4, -0.2) is 48.4 Å². The minimum atomic E-state index is -4.70. The van der Waals surface area contributed by atoms with E-state index in [1.54, 1.807) is 0 Å². The first-order valence-corrected chi connectivity index (χ1v) is 10.7. The molecular weight excluding hydrogens is 475 g/mol. The second kappa shape index (κ2) is 10.7. The van der Waals surface area contributed by atoms with Gasteiger partial charge in [-0.3, -0.25) is 14.5 Å². The van der Waals surface area contributed by atoms with Gasteiger partial charge in [0.25, 0.3) is 5.91 Å². The summed E-state index contributed by atoms with van der Waals surface area (Å²) >= 11 is 5.89. The quantitative estimate of drug-likeness (QED) is 0.470. The number of nitrogens with one attached hydrogen (secondary N) is 3. The number of hydrogen-bond donors (Lipinski definition) is 4. The van der Waals surface area contributed by atoms with Crippen molar-refractivity contribution in [3.05, 3.63) is 64.2 Å². The number of anilines is 1. The van der Waals surface area contributed by atoms with Crippen molar-refractivity contribution in [2.45, 2.75) is 25.2 Å². The standard InChI is InChI=1S/C22H23ClF3N5O3/c23-15-4-1-13(2-5-15)11-31-8-7-16(12-31)29-19(32)10-28-20(33)17-9-14(22(24,25)26)3-6-18(17)30-21(27)34/h1-6,9,16H,7-8,10-12H2,(H,28,33)(H,29,32)(H3,27,30,34)/t16-/m0/s1. The Hall–Kier alpha value is -3.31. The second-order valence-corrected chi connectivity index (χ2v) is 8.28. The van der Waals surface area contributed by atoms with E-state index in [2.05, 4.69) is 20.9 Å². The number of alkyl halides is 3. The minimum Gasteiger partial charge on any atom is -0.351 e. The summed E-state index contributed by atoms with van der Waals surface area (Å²) in [7, 11) is 0. The maximum absolute atomic E-state index is 13.0. The van der Waals surface area contributed by atoms with Crippen molar-refractivity contribution < 1.29 is 27.6 Å². The van der Waals surface area contributed by atoms with Gasteiger partial charge >= 0.3 is 12.2 Å². The van der Waals surface area contributed by atoms with Crippen LogP contribution in [-0.2, 0) is 17.5 Å². The number of carbonyl (C=O) groups excluding carboxylic acids is 3. The van der Waals surface area contributed by atoms with Crippen LogP contribution in [0.15, 0.2) is 42.5 Å². The number of halogens is 4. The fraction of sp³-hybridized carbons (Fsp3) is 0.318. The molecule has 0 radical (unpaired) electrons. The van der Waals surface area contributed by atoms with E-state index in [9.17, 15) is 27.6 Å². The topological polar surface area (TPSA) is 117 Å². The zero-order valence-electron chi connectivity index (χ0n) is 17.9. The summed E-state index contributed by atoms with van der Waals surface area (Å²) in [6, 6.07) is 8.53. The monoisotopic (exact) mass is 497 g/mol. The average molecular weight is 498 g/mol. The van der Waals surface area contributed by atoms with E-state index in [-0.39, 0.29) is 11.7 Å². The summed E-state index contributed by atoms with van der Waals surface area (Å²) < 4.78 is 39.1. The van der Waals surface area contributed by atoms with Crippen LogP contribution in [0.3, 0.4) is 0 Å². The van der Waals surface area contributed by atoms with Gasteiger partial charge in [-0.05, 0) is 42.3 Å². The Bertz CT molecular complexity index is 1060. The predicted molar refractivity (Wildman–Crippen MR) is 120 cm³/mol. The highest BCUT2D eigenvalue weighted by Crippen LogP contribution is 2.32. The molecule has 1 fully saturated rings. The zero-order chi connectivity index (χ0) is 24.9. The maximum atomic E-state index is 13.0. The van der Waals surface area contributed by atoms with Crippen LogP contribution in [0.4, 0.5) is 23.7 Å². The molecule has 2 aromatic carbocycles. The van der Waals surface area contributed by atoms with Gasteiger partial charge in [0.1, 0.15) is 0 Å². The molecule has 0 saturated carbocycles. The Balaban J connectivity index is 1.54. The van der Waals surface area contributed by atoms with E-state index in [0.29, 0.717) is 36.7 Å². The van der Waals surface area contributed by atoms with Gasteiger partial charge in [0.2, 0.25) is 5.91 Å². The Morgan fingerprint density at radius 2 is 1.82 bits per heavy atom. The Morgan fingerprint density at radius 3 is 2.47 bits per heavy atom. The van der Waals surface area contributed by atoms with Crippen LogP contribution >= 0.6 is 11.6 Å². The fourth-order valence-electron chi connectivity index (χ4n) is 3.63. The summed E-state index contributed by atoms with van der Waals surface area (Å²) in [5.74, 6) is -1.44. The molecule has 0 bridgehead atoms. The predicted octanol–water partition coefficient (Wildman–Crippen LogP) is 2.97. The van der Waals surface area contributed by atoms with E-state index < -0.39 is 41.7 Å². The molecule has 0 unspecified atom stereocenters. The molecule has 12 heteroatoms. The molecule has 0 spiro atoms. The number of hydrogen-bond acceptors (Lipinski definition) is 4. The number of amides is 4. The van der Waals surface area contributed by atoms with Crippen molar-refractivity contribution in [1.82, 2.24) is 15.5 Å². The summed E-state index contributed by atoms with van der Waals surface area (Å²) in [5, 5.41) is 7.85. The summed E-state index contributed by atoms with van der Waals surface area (Å²) in [6.45, 7) is 1.64. The van der Waals surface area contributed by atoms with Crippen LogP contribution in [0.5, 0.6) is 0 Å². The van der Waals surface area contributed by atoms with Gasteiger partial charge in [0, 0.05) is 30.7 Å². The molecule has 4 amide bonds. The third-order valence-electron chi connectivity index (χ3n) is 5.22. The Kier molecular flexibility index (Phi) is 8.00. The first-order chi connectivity index (χ1) is 16.0. The molecule has 182 valence electrons. The van der Waals surface area contributed by atoms with Crippen molar-refractivity contribution in [2.75, 3.05) is 25.0 Å². The molecule has 0 aliphatic carbocycles. The van der Waals surface area contributed by atoms with Crippen LogP contribution in [0, 0.1) is 0 Å². The van der Waals surface area contributed by atoms with E-state index >= 15 is 0 Å². The highest BCUT2D eigenvalue weighted by atomic mass is 35.5. The lowest BCUT2D eigenvalue weighted by molar-refractivity contribution is -0.137. The first kappa shape index (κ1) is 25.3. The van der Waals surface area contributed by atoms with Crippen molar-refractivity contribution in [2.24, 2.45) is 5.73 Å². The molecule has 5 N–H and O–H groups in total. The SMILES string of the molecule is NC(=O)Nc1ccc(C(F)(F)F)cc1C(=O)NCC(=O)N[C@H]1CCN(Cc2ccc(Cl)cc2)C1. The molecular formula is C22H23ClF3N5O3. The molecule has 1 heterocycles. The molecule has 2 aromatic rings. The van der Waals surface area contributed by atoms with Crippen LogP contribution in [0.1, 0.15) is 27.9 Å². The number of benzene rings is 2. The van der Waals surface area contributed by atoms with Crippen molar-refractivity contribution in [1.29, 1.82) is 0 Å². The summed E-state index contributed by atoms with van der Waals surface area (Å²) in [5.41, 5.74) is 4.36. The van der Waals surface area contributed by atoms with Gasteiger partial charge < -0.3 is 21.7 Å². The molecule has 0 aromatic heterocycles. The second-order valence-electron chi connectivity index (χ2n) is 7.84. The van der Waals surface area contributed by atoms with E-state index in [0.717, 1.165) is 18.2 Å². The number of nitrogens with two attached hydrogens (primary N) is 1. The van der Waals surface area contributed by atoms with Crippen molar-refractivity contribution in [3.63, 3.8) is 0 Å². The molecule has 1 saturated heterocycles. The Labute approximate surface area is 198 Å². The lowest BCUT2D eigenvalue weighted by atomic mass is 10.1. The number of primary amides is 1. The minimum absolute atomic E-state index is 0.127. The van der Waals surface area contributed by atoms with E-state index in [1.807, 2.05) is 24.3 Å². The van der Waals surface area contributed by atoms with Crippen LogP contribution < -0.4 is 21.7 Å². The largest absolute Gasteiger partial charge is 0.416 e. The first-order valence-electron chi connectivity index (χ1n) is 10.3. The van der Waals surface area contributed by atoms with Gasteiger partial charge in [0.15, 0.2) is 0 Å². The third kappa shape index (κ3) is 7.09. The lowest BCUT2D eigenvalue weighted by Gasteiger charge is -2.17. The van der Waals surface area contributed by atoms with Crippen molar-refractivity contribution >= 4 is 35.1 Å². The smallest absolute Gasteiger partial charge is 0.351 e. The fourth-order valence-corrected chi connectivity index (χ4v) is 3.75. The van der Waals surface area contributed by atoms with Gasteiger partial charge in [0.05, 0.1) is 23.4 Å². The number of likely N-dealkylation sites (tertiary alicyclic amines) is 1. The number of carbonyl (C=O) groups is 3. The van der Waals surface area contributed by atoms with E-state index in [4.69, 9.17) is 17.3 Å². The van der Waals surface area contributed by atoms with Crippen LogP contribution in [0.25, 0.3) is 0 Å². The van der Waals surface area contributed by atoms with Gasteiger partial charge in [-0.2, -0.15) is 13.2 Å². The van der Waals surface area contributed by atoms with Gasteiger partial charge in [-0.25, -0.2) is 4.79 Å². The summed E-state index contributed by atoms with van der Waals surface area (Å²) in [6.07, 6.45) is -3.98. The Morgan fingerprint density at radius 1 is 1.12 bits per heavy atom. The summed E-state index contributed by atoms with van der Waals surface area (Å²) in [4.78, 5) is 38.1.